The minimum Gasteiger partial charge on any atom is -0.481 e. The smallest absolute Gasteiger partial charge is 0.303 e. The first kappa shape index (κ1) is 10.6. The second-order valence-corrected chi connectivity index (χ2v) is 4.19. The Hall–Kier alpha value is -0.530. The molecule has 1 fully saturated rings. The highest BCUT2D eigenvalue weighted by atomic mass is 16.4. The summed E-state index contributed by atoms with van der Waals surface area (Å²) in [6.45, 7) is 2.19. The highest BCUT2D eigenvalue weighted by Crippen LogP contribution is 2.35. The van der Waals surface area contributed by atoms with Crippen molar-refractivity contribution in [3.63, 3.8) is 0 Å². The average molecular weight is 184 g/mol. The first-order valence-electron chi connectivity index (χ1n) is 5.45. The zero-order valence-corrected chi connectivity index (χ0v) is 8.46. The van der Waals surface area contributed by atoms with Gasteiger partial charge in [0.2, 0.25) is 0 Å². The van der Waals surface area contributed by atoms with E-state index < -0.39 is 5.97 Å². The van der Waals surface area contributed by atoms with E-state index >= 15 is 0 Å². The molecule has 0 aromatic heterocycles. The summed E-state index contributed by atoms with van der Waals surface area (Å²) in [7, 11) is 0. The van der Waals surface area contributed by atoms with Gasteiger partial charge in [0.25, 0.3) is 0 Å². The summed E-state index contributed by atoms with van der Waals surface area (Å²) in [4.78, 5) is 10.6. The van der Waals surface area contributed by atoms with Gasteiger partial charge in [-0.15, -0.1) is 0 Å². The molecule has 0 aliphatic heterocycles. The minimum atomic E-state index is -0.618. The van der Waals surface area contributed by atoms with E-state index in [2.05, 4.69) is 6.92 Å². The van der Waals surface area contributed by atoms with Gasteiger partial charge < -0.3 is 5.11 Å². The van der Waals surface area contributed by atoms with Crippen molar-refractivity contribution < 1.29 is 9.90 Å². The summed E-state index contributed by atoms with van der Waals surface area (Å²) in [5.41, 5.74) is 0. The fourth-order valence-corrected chi connectivity index (χ4v) is 2.53. The molecule has 0 radical (unpaired) electrons. The molecule has 0 heterocycles. The van der Waals surface area contributed by atoms with Crippen LogP contribution in [0.2, 0.25) is 0 Å². The molecule has 0 unspecified atom stereocenters. The first-order chi connectivity index (χ1) is 6.24. The van der Waals surface area contributed by atoms with Gasteiger partial charge in [-0.1, -0.05) is 39.0 Å². The van der Waals surface area contributed by atoms with E-state index in [-0.39, 0.29) is 0 Å². The Morgan fingerprint density at radius 1 is 1.31 bits per heavy atom. The molecule has 13 heavy (non-hydrogen) atoms. The molecule has 0 saturated heterocycles. The Kier molecular flexibility index (Phi) is 4.26. The van der Waals surface area contributed by atoms with E-state index in [1.54, 1.807) is 0 Å². The summed E-state index contributed by atoms with van der Waals surface area (Å²) in [5.74, 6) is 0.536. The lowest BCUT2D eigenvalue weighted by Gasteiger charge is -2.30. The first-order valence-corrected chi connectivity index (χ1v) is 5.45. The maximum Gasteiger partial charge on any atom is 0.303 e. The van der Waals surface area contributed by atoms with Gasteiger partial charge in [-0.3, -0.25) is 4.79 Å². The number of aliphatic carboxylic acids is 1. The van der Waals surface area contributed by atoms with Crippen molar-refractivity contribution in [3.05, 3.63) is 0 Å². The normalized spacial score (nSPS) is 28.7. The topological polar surface area (TPSA) is 37.3 Å². The van der Waals surface area contributed by atoms with Crippen molar-refractivity contribution in [2.45, 2.75) is 51.9 Å². The quantitative estimate of drug-likeness (QED) is 0.729. The summed E-state index contributed by atoms with van der Waals surface area (Å²) in [5, 5.41) is 8.75. The van der Waals surface area contributed by atoms with Gasteiger partial charge in [-0.2, -0.15) is 0 Å². The molecule has 2 nitrogen and oxygen atoms in total. The Balaban J connectivity index is 2.41. The van der Waals surface area contributed by atoms with Crippen molar-refractivity contribution in [1.29, 1.82) is 0 Å². The van der Waals surface area contributed by atoms with E-state index in [1.165, 1.54) is 32.1 Å². The molecule has 76 valence electrons. The minimum absolute atomic E-state index is 0.394. The molecule has 1 aliphatic carbocycles. The Bertz CT molecular complexity index is 163. The highest BCUT2D eigenvalue weighted by Gasteiger charge is 2.25. The number of carboxylic acid groups (broad SMARTS) is 1. The van der Waals surface area contributed by atoms with Gasteiger partial charge in [0.05, 0.1) is 0 Å². The molecule has 2 heteroatoms. The van der Waals surface area contributed by atoms with Crippen molar-refractivity contribution in [3.8, 4) is 0 Å². The predicted molar refractivity (Wildman–Crippen MR) is 52.6 cm³/mol. The summed E-state index contributed by atoms with van der Waals surface area (Å²) >= 11 is 0. The SMILES string of the molecule is CCC[C@H]1CCCC[C@H]1CC(=O)O. The van der Waals surface area contributed by atoms with E-state index in [0.717, 1.165) is 6.42 Å². The van der Waals surface area contributed by atoms with Crippen LogP contribution in [0.4, 0.5) is 0 Å². The van der Waals surface area contributed by atoms with Gasteiger partial charge in [0.1, 0.15) is 0 Å². The van der Waals surface area contributed by atoms with Crippen molar-refractivity contribution >= 4 is 5.97 Å². The Morgan fingerprint density at radius 2 is 1.92 bits per heavy atom. The summed E-state index contributed by atoms with van der Waals surface area (Å²) in [6, 6.07) is 0. The molecule has 1 rings (SSSR count). The zero-order chi connectivity index (χ0) is 9.68. The molecule has 1 N–H and O–H groups in total. The van der Waals surface area contributed by atoms with E-state index in [0.29, 0.717) is 18.3 Å². The lowest BCUT2D eigenvalue weighted by molar-refractivity contribution is -0.138. The molecule has 1 aliphatic rings. The van der Waals surface area contributed by atoms with Gasteiger partial charge in [0.15, 0.2) is 0 Å². The Labute approximate surface area is 80.3 Å². The van der Waals surface area contributed by atoms with Gasteiger partial charge in [-0.25, -0.2) is 0 Å². The van der Waals surface area contributed by atoms with Gasteiger partial charge in [-0.05, 0) is 18.3 Å². The maximum atomic E-state index is 10.6. The van der Waals surface area contributed by atoms with Crippen LogP contribution in [-0.4, -0.2) is 11.1 Å². The molecule has 2 atom stereocenters. The summed E-state index contributed by atoms with van der Waals surface area (Å²) in [6.07, 6.45) is 7.74. The van der Waals surface area contributed by atoms with E-state index in [1.807, 2.05) is 0 Å². The number of carbonyl (C=O) groups is 1. The zero-order valence-electron chi connectivity index (χ0n) is 8.46. The Morgan fingerprint density at radius 3 is 2.46 bits per heavy atom. The molecular formula is C11H20O2. The van der Waals surface area contributed by atoms with Crippen LogP contribution in [0.25, 0.3) is 0 Å². The number of hydrogen-bond acceptors (Lipinski definition) is 1. The summed E-state index contributed by atoms with van der Waals surface area (Å²) < 4.78 is 0. The van der Waals surface area contributed by atoms with Crippen LogP contribution in [0.3, 0.4) is 0 Å². The van der Waals surface area contributed by atoms with Crippen LogP contribution < -0.4 is 0 Å². The molecule has 0 spiro atoms. The molecule has 0 amide bonds. The second-order valence-electron chi connectivity index (χ2n) is 4.19. The van der Waals surface area contributed by atoms with Crippen LogP contribution in [0, 0.1) is 11.8 Å². The van der Waals surface area contributed by atoms with E-state index in [4.69, 9.17) is 5.11 Å². The van der Waals surface area contributed by atoms with Gasteiger partial charge >= 0.3 is 5.97 Å². The molecule has 0 aromatic carbocycles. The van der Waals surface area contributed by atoms with Crippen LogP contribution in [-0.2, 0) is 4.79 Å². The molecular weight excluding hydrogens is 164 g/mol. The molecule has 0 aromatic rings. The van der Waals surface area contributed by atoms with Crippen molar-refractivity contribution in [2.24, 2.45) is 11.8 Å². The van der Waals surface area contributed by atoms with Crippen LogP contribution in [0.1, 0.15) is 51.9 Å². The van der Waals surface area contributed by atoms with Crippen LogP contribution in [0.5, 0.6) is 0 Å². The fraction of sp³-hybridized carbons (Fsp3) is 0.909. The molecule has 0 bridgehead atoms. The lowest BCUT2D eigenvalue weighted by atomic mass is 9.75. The number of hydrogen-bond donors (Lipinski definition) is 1. The standard InChI is InChI=1S/C11H20O2/c1-2-5-9-6-3-4-7-10(9)8-11(12)13/h9-10H,2-8H2,1H3,(H,12,13)/t9-,10-/m0/s1. The number of rotatable bonds is 4. The van der Waals surface area contributed by atoms with E-state index in [9.17, 15) is 4.79 Å². The third-order valence-corrected chi connectivity index (χ3v) is 3.16. The molecule has 1 saturated carbocycles. The van der Waals surface area contributed by atoms with Crippen LogP contribution in [0.15, 0.2) is 0 Å². The largest absolute Gasteiger partial charge is 0.481 e. The third-order valence-electron chi connectivity index (χ3n) is 3.16. The fourth-order valence-electron chi connectivity index (χ4n) is 2.53. The monoisotopic (exact) mass is 184 g/mol. The second kappa shape index (κ2) is 5.25. The lowest BCUT2D eigenvalue weighted by Crippen LogP contribution is -2.22. The predicted octanol–water partition coefficient (Wildman–Crippen LogP) is 3.07. The average Bonchev–Trinajstić information content (AvgIpc) is 2.08. The van der Waals surface area contributed by atoms with Gasteiger partial charge in [0, 0.05) is 6.42 Å². The van der Waals surface area contributed by atoms with Crippen molar-refractivity contribution in [1.82, 2.24) is 0 Å². The number of carboxylic acids is 1. The van der Waals surface area contributed by atoms with Crippen LogP contribution >= 0.6 is 0 Å². The van der Waals surface area contributed by atoms with Crippen molar-refractivity contribution in [2.75, 3.05) is 0 Å². The third kappa shape index (κ3) is 3.37. The maximum absolute atomic E-state index is 10.6. The highest BCUT2D eigenvalue weighted by molar-refractivity contribution is 5.67.